The summed E-state index contributed by atoms with van der Waals surface area (Å²) in [5, 5.41) is 17.5. The predicted molar refractivity (Wildman–Crippen MR) is 158 cm³/mol. The highest BCUT2D eigenvalue weighted by Crippen LogP contribution is 2.38. The van der Waals surface area contributed by atoms with Gasteiger partial charge in [-0.3, -0.25) is 19.2 Å². The van der Waals surface area contributed by atoms with Crippen LogP contribution in [0.4, 0.5) is 0 Å². The molecule has 228 valence electrons. The van der Waals surface area contributed by atoms with E-state index in [1.54, 1.807) is 0 Å². The molecule has 2 saturated carbocycles. The van der Waals surface area contributed by atoms with Crippen molar-refractivity contribution in [1.29, 1.82) is 0 Å². The molecule has 2 aromatic carbocycles. The van der Waals surface area contributed by atoms with Crippen molar-refractivity contribution in [2.45, 2.75) is 88.9 Å². The van der Waals surface area contributed by atoms with Gasteiger partial charge in [0.25, 0.3) is 0 Å². The molecule has 0 unspecified atom stereocenters. The number of hydrogen-bond donors (Lipinski definition) is 2. The molecule has 0 radical (unpaired) electrons. The van der Waals surface area contributed by atoms with Gasteiger partial charge < -0.3 is 19.7 Å². The smallest absolute Gasteiger partial charge is 0.309 e. The van der Waals surface area contributed by atoms with E-state index in [0.29, 0.717) is 36.5 Å². The summed E-state index contributed by atoms with van der Waals surface area (Å²) in [7, 11) is 2.85. The zero-order chi connectivity index (χ0) is 30.5. The topological polar surface area (TPSA) is 127 Å². The third-order valence-corrected chi connectivity index (χ3v) is 8.67. The third-order valence-electron chi connectivity index (χ3n) is 8.67. The summed E-state index contributed by atoms with van der Waals surface area (Å²) in [6.07, 6.45) is 9.55. The van der Waals surface area contributed by atoms with Gasteiger partial charge in [-0.05, 0) is 97.3 Å². The predicted octanol–water partition coefficient (Wildman–Crippen LogP) is 6.30. The van der Waals surface area contributed by atoms with Crippen molar-refractivity contribution in [1.82, 2.24) is 0 Å². The van der Waals surface area contributed by atoms with Crippen molar-refractivity contribution in [3.63, 3.8) is 0 Å². The van der Waals surface area contributed by atoms with Gasteiger partial charge in [-0.15, -0.1) is 0 Å². The molecular weight excluding hydrogens is 536 g/mol. The summed E-state index contributed by atoms with van der Waals surface area (Å²) in [4.78, 5) is 43.9. The number of carbonyl (C=O) groups excluding carboxylic acids is 2. The van der Waals surface area contributed by atoms with Crippen LogP contribution in [-0.4, -0.2) is 48.3 Å². The molecule has 0 spiro atoms. The van der Waals surface area contributed by atoms with E-state index in [4.69, 9.17) is 14.9 Å². The van der Waals surface area contributed by atoms with Crippen LogP contribution >= 0.6 is 0 Å². The second-order valence-electron chi connectivity index (χ2n) is 11.6. The Balaban J connectivity index is 0.000000231. The molecule has 8 nitrogen and oxygen atoms in total. The number of esters is 2. The van der Waals surface area contributed by atoms with Crippen molar-refractivity contribution in [3.8, 4) is 0 Å². The number of aliphatic carboxylic acids is 2. The Morgan fingerprint density at radius 3 is 1.36 bits per heavy atom. The Labute approximate surface area is 248 Å². The fourth-order valence-corrected chi connectivity index (χ4v) is 6.19. The Morgan fingerprint density at radius 1 is 0.571 bits per heavy atom. The highest BCUT2D eigenvalue weighted by Gasteiger charge is 2.25. The van der Waals surface area contributed by atoms with Crippen molar-refractivity contribution >= 4 is 23.9 Å². The summed E-state index contributed by atoms with van der Waals surface area (Å²) in [6, 6.07) is 16.0. The van der Waals surface area contributed by atoms with Gasteiger partial charge in [-0.2, -0.15) is 0 Å². The van der Waals surface area contributed by atoms with E-state index in [1.807, 2.05) is 36.4 Å². The van der Waals surface area contributed by atoms with Crippen molar-refractivity contribution in [3.05, 3.63) is 70.8 Å². The van der Waals surface area contributed by atoms with Crippen LogP contribution in [0, 0.1) is 11.8 Å². The minimum Gasteiger partial charge on any atom is -0.481 e. The zero-order valence-corrected chi connectivity index (χ0v) is 24.8. The number of carboxylic acid groups (broad SMARTS) is 2. The van der Waals surface area contributed by atoms with Gasteiger partial charge in [0, 0.05) is 12.8 Å². The third kappa shape index (κ3) is 11.0. The van der Waals surface area contributed by atoms with Crippen LogP contribution in [0.1, 0.15) is 98.3 Å². The van der Waals surface area contributed by atoms with Gasteiger partial charge in [0.2, 0.25) is 0 Å². The summed E-state index contributed by atoms with van der Waals surface area (Å²) in [6.45, 7) is 0. The zero-order valence-electron chi connectivity index (χ0n) is 24.8. The molecule has 0 aliphatic heterocycles. The first-order valence-electron chi connectivity index (χ1n) is 14.9. The van der Waals surface area contributed by atoms with Crippen LogP contribution in [-0.2, 0) is 41.5 Å². The van der Waals surface area contributed by atoms with Gasteiger partial charge >= 0.3 is 23.9 Å². The van der Waals surface area contributed by atoms with Gasteiger partial charge in [0.1, 0.15) is 0 Å². The lowest BCUT2D eigenvalue weighted by atomic mass is 9.77. The van der Waals surface area contributed by atoms with E-state index in [9.17, 15) is 19.2 Å². The average Bonchev–Trinajstić information content (AvgIpc) is 2.98. The molecule has 2 aliphatic carbocycles. The molecule has 0 aromatic heterocycles. The highest BCUT2D eigenvalue weighted by atomic mass is 16.5. The normalized spacial score (nSPS) is 21.8. The molecule has 2 aliphatic rings. The molecule has 2 fully saturated rings. The van der Waals surface area contributed by atoms with Crippen LogP contribution in [0.15, 0.2) is 48.5 Å². The summed E-state index contributed by atoms with van der Waals surface area (Å²) in [5.41, 5.74) is 4.37. The standard InChI is InChI=1S/C18H24O4.C16H20O4/c1-21-17(19)11-13-3-7-15(8-4-13)16-9-5-14(6-10-16)12-18(20)22-2;17-15(18)9-11-1-5-13(6-2-11)14-7-3-12(4-8-14)10-16(19)20/h3-4,7-8,14,16H,5-6,9-12H2,1-2H3;1-2,5-6,12,14H,3-4,7-10H2,(H,17,18)(H,19,20). The van der Waals surface area contributed by atoms with Crippen LogP contribution in [0.2, 0.25) is 0 Å². The Hall–Kier alpha value is -3.68. The summed E-state index contributed by atoms with van der Waals surface area (Å²) >= 11 is 0. The number of rotatable bonds is 10. The van der Waals surface area contributed by atoms with Gasteiger partial charge in [-0.25, -0.2) is 0 Å². The molecule has 42 heavy (non-hydrogen) atoms. The Kier molecular flexibility index (Phi) is 13.0. The first-order chi connectivity index (χ1) is 20.2. The number of carbonyl (C=O) groups is 4. The molecule has 0 atom stereocenters. The fraction of sp³-hybridized carbons (Fsp3) is 0.529. The van der Waals surface area contributed by atoms with Crippen LogP contribution in [0.3, 0.4) is 0 Å². The number of methoxy groups -OCH3 is 2. The molecule has 0 saturated heterocycles. The summed E-state index contributed by atoms with van der Waals surface area (Å²) < 4.78 is 9.42. The number of hydrogen-bond acceptors (Lipinski definition) is 6. The van der Waals surface area contributed by atoms with E-state index in [-0.39, 0.29) is 24.8 Å². The molecule has 8 heteroatoms. The molecular formula is C34H44O8. The van der Waals surface area contributed by atoms with E-state index in [1.165, 1.54) is 25.3 Å². The maximum Gasteiger partial charge on any atom is 0.309 e. The van der Waals surface area contributed by atoms with Crippen LogP contribution in [0.5, 0.6) is 0 Å². The Bertz CT molecular complexity index is 1160. The first-order valence-corrected chi connectivity index (χ1v) is 14.9. The monoisotopic (exact) mass is 580 g/mol. The molecule has 4 rings (SSSR count). The highest BCUT2D eigenvalue weighted by molar-refractivity contribution is 5.72. The van der Waals surface area contributed by atoms with Crippen LogP contribution in [0.25, 0.3) is 0 Å². The number of carboxylic acids is 2. The van der Waals surface area contributed by atoms with E-state index >= 15 is 0 Å². The fourth-order valence-electron chi connectivity index (χ4n) is 6.19. The van der Waals surface area contributed by atoms with Crippen molar-refractivity contribution < 1.29 is 38.9 Å². The molecule has 2 aromatic rings. The molecule has 0 heterocycles. The van der Waals surface area contributed by atoms with Gasteiger partial charge in [0.15, 0.2) is 0 Å². The minimum atomic E-state index is -0.813. The second-order valence-corrected chi connectivity index (χ2v) is 11.6. The average molecular weight is 581 g/mol. The van der Waals surface area contributed by atoms with Crippen molar-refractivity contribution in [2.75, 3.05) is 14.2 Å². The van der Waals surface area contributed by atoms with E-state index < -0.39 is 11.9 Å². The van der Waals surface area contributed by atoms with Gasteiger partial charge in [0.05, 0.1) is 27.1 Å². The Morgan fingerprint density at radius 2 is 0.976 bits per heavy atom. The lowest BCUT2D eigenvalue weighted by molar-refractivity contribution is -0.142. The van der Waals surface area contributed by atoms with Crippen LogP contribution < -0.4 is 0 Å². The maximum atomic E-state index is 11.3. The molecule has 0 amide bonds. The first kappa shape index (κ1) is 32.8. The largest absolute Gasteiger partial charge is 0.481 e. The van der Waals surface area contributed by atoms with Gasteiger partial charge in [-0.1, -0.05) is 48.5 Å². The maximum absolute atomic E-state index is 11.3. The summed E-state index contributed by atoms with van der Waals surface area (Å²) in [5.74, 6) is -0.0117. The van der Waals surface area contributed by atoms with E-state index in [2.05, 4.69) is 16.9 Å². The number of ether oxygens (including phenoxy) is 2. The molecule has 0 bridgehead atoms. The number of benzene rings is 2. The second kappa shape index (κ2) is 16.7. The quantitative estimate of drug-likeness (QED) is 0.314. The van der Waals surface area contributed by atoms with E-state index in [0.717, 1.165) is 62.5 Å². The lowest BCUT2D eigenvalue weighted by Crippen LogP contribution is -2.17. The van der Waals surface area contributed by atoms with Crippen molar-refractivity contribution in [2.24, 2.45) is 11.8 Å². The SMILES string of the molecule is COC(=O)Cc1ccc(C2CCC(CC(=O)OC)CC2)cc1.O=C(O)Cc1ccc(C2CCC(CC(=O)O)CC2)cc1. The molecule has 2 N–H and O–H groups in total. The minimum absolute atomic E-state index is 0.0611. The lowest BCUT2D eigenvalue weighted by Gasteiger charge is -2.28.